The van der Waals surface area contributed by atoms with Gasteiger partial charge in [0.15, 0.2) is 0 Å². The summed E-state index contributed by atoms with van der Waals surface area (Å²) in [6, 6.07) is 0.612. The van der Waals surface area contributed by atoms with Gasteiger partial charge in [0, 0.05) is 11.6 Å². The van der Waals surface area contributed by atoms with Crippen molar-refractivity contribution in [3.05, 3.63) is 0 Å². The molecule has 1 heteroatoms. The highest BCUT2D eigenvalue weighted by Gasteiger charge is 2.28. The van der Waals surface area contributed by atoms with Gasteiger partial charge in [0.25, 0.3) is 0 Å². The van der Waals surface area contributed by atoms with E-state index in [9.17, 15) is 0 Å². The third-order valence-corrected chi connectivity index (χ3v) is 3.62. The normalized spacial score (nSPS) is 12.4. The van der Waals surface area contributed by atoms with Crippen LogP contribution in [0.1, 0.15) is 92.4 Å². The van der Waals surface area contributed by atoms with E-state index >= 15 is 0 Å². The quantitative estimate of drug-likeness (QED) is 0.518. The van der Waals surface area contributed by atoms with Crippen LogP contribution in [0.25, 0.3) is 0 Å². The molecule has 0 aliphatic heterocycles. The zero-order valence-corrected chi connectivity index (χ0v) is 12.9. The average molecular weight is 241 g/mol. The largest absolute Gasteiger partial charge is 0.309 e. The summed E-state index contributed by atoms with van der Waals surface area (Å²) in [6.07, 6.45) is 12.2. The third-order valence-electron chi connectivity index (χ3n) is 3.62. The maximum atomic E-state index is 3.90. The molecule has 0 saturated heterocycles. The molecule has 0 aromatic heterocycles. The van der Waals surface area contributed by atoms with Gasteiger partial charge in [-0.05, 0) is 19.3 Å². The molecule has 0 rings (SSSR count). The Balaban J connectivity index is 4.51. The molecule has 0 amide bonds. The summed E-state index contributed by atoms with van der Waals surface area (Å²) in [5, 5.41) is 3.90. The minimum atomic E-state index is 0.427. The van der Waals surface area contributed by atoms with Crippen LogP contribution in [0.5, 0.6) is 0 Å². The molecule has 0 unspecified atom stereocenters. The third kappa shape index (κ3) is 7.81. The van der Waals surface area contributed by atoms with E-state index in [4.69, 9.17) is 0 Å². The standard InChI is InChI=1S/C16H35N/c1-6-9-12-16(13-10-7-2,14-11-8-3)17-15(4)5/h15,17H,6-14H2,1-5H3. The van der Waals surface area contributed by atoms with Gasteiger partial charge in [-0.25, -0.2) is 0 Å². The van der Waals surface area contributed by atoms with Gasteiger partial charge in [0.05, 0.1) is 0 Å². The highest BCUT2D eigenvalue weighted by molar-refractivity contribution is 4.89. The molecule has 1 N–H and O–H groups in total. The Morgan fingerprint density at radius 1 is 0.765 bits per heavy atom. The Hall–Kier alpha value is -0.0400. The summed E-state index contributed by atoms with van der Waals surface area (Å²) in [4.78, 5) is 0. The van der Waals surface area contributed by atoms with Gasteiger partial charge in [-0.3, -0.25) is 0 Å². The number of hydrogen-bond donors (Lipinski definition) is 1. The van der Waals surface area contributed by atoms with Crippen molar-refractivity contribution in [2.75, 3.05) is 0 Å². The number of nitrogens with one attached hydrogen (secondary N) is 1. The number of rotatable bonds is 11. The van der Waals surface area contributed by atoms with Crippen molar-refractivity contribution in [2.45, 2.75) is 104 Å². The van der Waals surface area contributed by atoms with Crippen molar-refractivity contribution >= 4 is 0 Å². The van der Waals surface area contributed by atoms with Gasteiger partial charge < -0.3 is 5.32 Å². The second kappa shape index (κ2) is 9.94. The fraction of sp³-hybridized carbons (Fsp3) is 1.00. The van der Waals surface area contributed by atoms with Crippen molar-refractivity contribution in [3.63, 3.8) is 0 Å². The van der Waals surface area contributed by atoms with Crippen molar-refractivity contribution in [3.8, 4) is 0 Å². The lowest BCUT2D eigenvalue weighted by Gasteiger charge is -2.37. The smallest absolute Gasteiger partial charge is 0.0183 e. The van der Waals surface area contributed by atoms with Gasteiger partial charge in [0.1, 0.15) is 0 Å². The molecule has 0 spiro atoms. The zero-order valence-electron chi connectivity index (χ0n) is 12.9. The molecule has 0 heterocycles. The Morgan fingerprint density at radius 3 is 1.35 bits per heavy atom. The first-order chi connectivity index (χ1) is 8.10. The fourth-order valence-electron chi connectivity index (χ4n) is 2.75. The van der Waals surface area contributed by atoms with E-state index in [1.807, 2.05) is 0 Å². The molecule has 0 fully saturated rings. The lowest BCUT2D eigenvalue weighted by Crippen LogP contribution is -2.48. The van der Waals surface area contributed by atoms with Gasteiger partial charge in [-0.1, -0.05) is 73.1 Å². The molecule has 0 bridgehead atoms. The molecular formula is C16H35N. The van der Waals surface area contributed by atoms with Crippen LogP contribution in [0, 0.1) is 0 Å². The summed E-state index contributed by atoms with van der Waals surface area (Å²) in [5.74, 6) is 0. The average Bonchev–Trinajstić information content (AvgIpc) is 2.30. The first-order valence-corrected chi connectivity index (χ1v) is 7.88. The lowest BCUT2D eigenvalue weighted by molar-refractivity contribution is 0.224. The zero-order chi connectivity index (χ0) is 13.1. The van der Waals surface area contributed by atoms with E-state index in [0.29, 0.717) is 11.6 Å². The van der Waals surface area contributed by atoms with E-state index < -0.39 is 0 Å². The summed E-state index contributed by atoms with van der Waals surface area (Å²) in [5.41, 5.74) is 0.427. The number of unbranched alkanes of at least 4 members (excludes halogenated alkanes) is 3. The molecule has 17 heavy (non-hydrogen) atoms. The van der Waals surface area contributed by atoms with Crippen LogP contribution in [-0.4, -0.2) is 11.6 Å². The van der Waals surface area contributed by atoms with Crippen molar-refractivity contribution in [1.29, 1.82) is 0 Å². The molecule has 1 nitrogen and oxygen atoms in total. The van der Waals surface area contributed by atoms with Crippen molar-refractivity contribution in [1.82, 2.24) is 5.32 Å². The Bertz CT molecular complexity index is 141. The van der Waals surface area contributed by atoms with Crippen LogP contribution in [0.15, 0.2) is 0 Å². The van der Waals surface area contributed by atoms with Gasteiger partial charge in [-0.15, -0.1) is 0 Å². The van der Waals surface area contributed by atoms with E-state index in [1.165, 1.54) is 57.8 Å². The number of hydrogen-bond acceptors (Lipinski definition) is 1. The van der Waals surface area contributed by atoms with Crippen LogP contribution < -0.4 is 5.32 Å². The van der Waals surface area contributed by atoms with E-state index in [0.717, 1.165) is 0 Å². The predicted molar refractivity (Wildman–Crippen MR) is 79.6 cm³/mol. The van der Waals surface area contributed by atoms with Crippen LogP contribution in [0.2, 0.25) is 0 Å². The molecule has 104 valence electrons. The summed E-state index contributed by atoms with van der Waals surface area (Å²) in [6.45, 7) is 11.5. The molecule has 0 aromatic carbocycles. The second-order valence-electron chi connectivity index (χ2n) is 5.89. The van der Waals surface area contributed by atoms with Crippen LogP contribution in [0.4, 0.5) is 0 Å². The van der Waals surface area contributed by atoms with E-state index in [2.05, 4.69) is 39.9 Å². The van der Waals surface area contributed by atoms with Crippen LogP contribution >= 0.6 is 0 Å². The van der Waals surface area contributed by atoms with Crippen molar-refractivity contribution < 1.29 is 0 Å². The second-order valence-corrected chi connectivity index (χ2v) is 5.89. The Morgan fingerprint density at radius 2 is 1.12 bits per heavy atom. The minimum absolute atomic E-state index is 0.427. The topological polar surface area (TPSA) is 12.0 Å². The highest BCUT2D eigenvalue weighted by atomic mass is 15.0. The van der Waals surface area contributed by atoms with E-state index in [1.54, 1.807) is 0 Å². The van der Waals surface area contributed by atoms with E-state index in [-0.39, 0.29) is 0 Å². The first-order valence-electron chi connectivity index (χ1n) is 7.88. The van der Waals surface area contributed by atoms with Gasteiger partial charge in [0.2, 0.25) is 0 Å². The minimum Gasteiger partial charge on any atom is -0.309 e. The summed E-state index contributed by atoms with van der Waals surface area (Å²) in [7, 11) is 0. The molecule has 0 atom stereocenters. The predicted octanol–water partition coefficient (Wildman–Crippen LogP) is 5.29. The molecule has 0 aromatic rings. The SMILES string of the molecule is CCCCC(CCCC)(CCCC)NC(C)C. The van der Waals surface area contributed by atoms with Gasteiger partial charge >= 0.3 is 0 Å². The fourth-order valence-corrected chi connectivity index (χ4v) is 2.75. The molecule has 0 saturated carbocycles. The molecule has 0 radical (unpaired) electrons. The first kappa shape index (κ1) is 17.0. The highest BCUT2D eigenvalue weighted by Crippen LogP contribution is 2.28. The maximum Gasteiger partial charge on any atom is 0.0183 e. The molecule has 0 aliphatic carbocycles. The maximum absolute atomic E-state index is 3.90. The Labute approximate surface area is 110 Å². The lowest BCUT2D eigenvalue weighted by atomic mass is 9.82. The molecular weight excluding hydrogens is 206 g/mol. The monoisotopic (exact) mass is 241 g/mol. The summed E-state index contributed by atoms with van der Waals surface area (Å²) < 4.78 is 0. The summed E-state index contributed by atoms with van der Waals surface area (Å²) >= 11 is 0. The Kier molecular flexibility index (Phi) is 9.91. The molecule has 0 aliphatic rings. The van der Waals surface area contributed by atoms with Gasteiger partial charge in [-0.2, -0.15) is 0 Å². The van der Waals surface area contributed by atoms with Crippen LogP contribution in [-0.2, 0) is 0 Å². The van der Waals surface area contributed by atoms with Crippen LogP contribution in [0.3, 0.4) is 0 Å². The van der Waals surface area contributed by atoms with Crippen molar-refractivity contribution in [2.24, 2.45) is 0 Å².